The van der Waals surface area contributed by atoms with Crippen molar-refractivity contribution in [3.63, 3.8) is 0 Å². The molecule has 100 valence electrons. The van der Waals surface area contributed by atoms with Crippen LogP contribution in [0.5, 0.6) is 6.01 Å². The number of aliphatic hydroxyl groups excluding tert-OH is 1. The molecule has 7 heteroatoms. The molecule has 1 aromatic rings. The van der Waals surface area contributed by atoms with E-state index in [1.165, 1.54) is 6.07 Å². The number of hydrogen-bond acceptors (Lipinski definition) is 6. The van der Waals surface area contributed by atoms with Crippen molar-refractivity contribution in [2.24, 2.45) is 5.73 Å². The molecule has 0 aromatic carbocycles. The fraction of sp³-hybridized carbons (Fsp3) is 0.636. The van der Waals surface area contributed by atoms with Crippen LogP contribution in [0.3, 0.4) is 0 Å². The maximum Gasteiger partial charge on any atom is 0.301 e. The van der Waals surface area contributed by atoms with E-state index < -0.39 is 18.4 Å². The van der Waals surface area contributed by atoms with E-state index >= 15 is 0 Å². The topological polar surface area (TPSA) is 99.6 Å². The fourth-order valence-electron chi connectivity index (χ4n) is 1.95. The average Bonchev–Trinajstić information content (AvgIpc) is 2.71. The Hall–Kier alpha value is -1.44. The molecule has 0 unspecified atom stereocenters. The molecule has 0 amide bonds. The van der Waals surface area contributed by atoms with Crippen LogP contribution in [0.15, 0.2) is 17.1 Å². The first-order valence-corrected chi connectivity index (χ1v) is 5.91. The number of hydrogen-bond donors (Lipinski definition) is 2. The number of rotatable bonds is 4. The van der Waals surface area contributed by atoms with Crippen LogP contribution in [-0.4, -0.2) is 40.0 Å². The molecule has 1 fully saturated rings. The minimum Gasteiger partial charge on any atom is -0.465 e. The lowest BCUT2D eigenvalue weighted by Crippen LogP contribution is -2.29. The van der Waals surface area contributed by atoms with E-state index in [0.717, 1.165) is 0 Å². The summed E-state index contributed by atoms with van der Waals surface area (Å²) in [6.07, 6.45) is 0.518. The van der Waals surface area contributed by atoms with Crippen molar-refractivity contribution in [3.05, 3.63) is 22.6 Å². The number of aromatic nitrogens is 2. The zero-order valence-electron chi connectivity index (χ0n) is 10.2. The zero-order valence-corrected chi connectivity index (χ0v) is 10.2. The van der Waals surface area contributed by atoms with E-state index in [1.54, 1.807) is 17.7 Å². The summed E-state index contributed by atoms with van der Waals surface area (Å²) in [6, 6.07) is 1.52. The Balaban J connectivity index is 2.25. The lowest BCUT2D eigenvalue weighted by atomic mass is 10.2. The summed E-state index contributed by atoms with van der Waals surface area (Å²) < 4.78 is 12.5. The van der Waals surface area contributed by atoms with Crippen LogP contribution in [0.2, 0.25) is 0 Å². The lowest BCUT2D eigenvalue weighted by Gasteiger charge is -2.18. The Morgan fingerprint density at radius 2 is 2.50 bits per heavy atom. The zero-order chi connectivity index (χ0) is 13.1. The van der Waals surface area contributed by atoms with Gasteiger partial charge in [0.05, 0.1) is 18.8 Å². The van der Waals surface area contributed by atoms with Crippen molar-refractivity contribution in [2.75, 3.05) is 13.2 Å². The molecule has 1 aliphatic heterocycles. The summed E-state index contributed by atoms with van der Waals surface area (Å²) in [5.74, 6) is 0. The van der Waals surface area contributed by atoms with Crippen molar-refractivity contribution in [1.82, 2.24) is 9.55 Å². The molecule has 7 nitrogen and oxygen atoms in total. The minimum absolute atomic E-state index is 0.194. The van der Waals surface area contributed by atoms with Crippen LogP contribution >= 0.6 is 0 Å². The van der Waals surface area contributed by atoms with E-state index in [-0.39, 0.29) is 18.1 Å². The van der Waals surface area contributed by atoms with Crippen LogP contribution in [0.25, 0.3) is 0 Å². The fourth-order valence-corrected chi connectivity index (χ4v) is 1.95. The van der Waals surface area contributed by atoms with Crippen molar-refractivity contribution in [2.45, 2.75) is 31.8 Å². The van der Waals surface area contributed by atoms with Gasteiger partial charge in [-0.2, -0.15) is 4.98 Å². The first-order valence-electron chi connectivity index (χ1n) is 5.91. The highest BCUT2D eigenvalue weighted by Crippen LogP contribution is 2.30. The number of aliphatic hydroxyl groups is 1. The summed E-state index contributed by atoms with van der Waals surface area (Å²) >= 11 is 0. The average molecular weight is 255 g/mol. The van der Waals surface area contributed by atoms with E-state index in [1.807, 2.05) is 0 Å². The van der Waals surface area contributed by atoms with Gasteiger partial charge in [0.1, 0.15) is 6.23 Å². The van der Waals surface area contributed by atoms with E-state index in [9.17, 15) is 9.90 Å². The highest BCUT2D eigenvalue weighted by Gasteiger charge is 2.34. The van der Waals surface area contributed by atoms with Gasteiger partial charge in [0.2, 0.25) is 0 Å². The molecule has 1 aromatic heterocycles. The molecular weight excluding hydrogens is 238 g/mol. The molecular formula is C11H17N3O4. The first-order chi connectivity index (χ1) is 8.65. The Morgan fingerprint density at radius 1 is 1.72 bits per heavy atom. The Morgan fingerprint density at radius 3 is 3.11 bits per heavy atom. The molecule has 18 heavy (non-hydrogen) atoms. The predicted octanol–water partition coefficient (Wildman–Crippen LogP) is -0.751. The van der Waals surface area contributed by atoms with Gasteiger partial charge in [-0.25, -0.2) is 0 Å². The van der Waals surface area contributed by atoms with Gasteiger partial charge in [-0.05, 0) is 6.92 Å². The normalized spacial score (nSPS) is 27.4. The van der Waals surface area contributed by atoms with E-state index in [0.29, 0.717) is 13.0 Å². The second-order valence-electron chi connectivity index (χ2n) is 4.06. The molecule has 1 aliphatic rings. The van der Waals surface area contributed by atoms with Gasteiger partial charge in [-0.15, -0.1) is 0 Å². The van der Waals surface area contributed by atoms with Crippen molar-refractivity contribution >= 4 is 0 Å². The quantitative estimate of drug-likeness (QED) is 0.734. The van der Waals surface area contributed by atoms with Gasteiger partial charge in [0, 0.05) is 25.2 Å². The summed E-state index contributed by atoms with van der Waals surface area (Å²) in [5, 5.41) is 9.75. The van der Waals surface area contributed by atoms with Gasteiger partial charge >= 0.3 is 6.01 Å². The van der Waals surface area contributed by atoms with E-state index in [2.05, 4.69) is 4.98 Å². The third-order valence-corrected chi connectivity index (χ3v) is 2.82. The van der Waals surface area contributed by atoms with Crippen LogP contribution in [-0.2, 0) is 4.74 Å². The molecule has 0 spiro atoms. The standard InChI is InChI=1S/C11H17N3O4/c1-2-17-11-13-9(16)3-4-14(11)10-5-7(15)8(6-12)18-10/h3-4,7-8,10,15H,2,5-6,12H2,1H3/t7-,8+,10+/m0/s1. The number of nitrogens with zero attached hydrogens (tertiary/aromatic N) is 2. The lowest BCUT2D eigenvalue weighted by molar-refractivity contribution is -0.0173. The highest BCUT2D eigenvalue weighted by molar-refractivity contribution is 5.01. The molecule has 0 radical (unpaired) electrons. The Kier molecular flexibility index (Phi) is 3.95. The van der Waals surface area contributed by atoms with Crippen LogP contribution < -0.4 is 16.0 Å². The molecule has 3 atom stereocenters. The monoisotopic (exact) mass is 255 g/mol. The maximum atomic E-state index is 11.2. The second-order valence-corrected chi connectivity index (χ2v) is 4.06. The Bertz CT molecular complexity index is 462. The second kappa shape index (κ2) is 5.47. The van der Waals surface area contributed by atoms with Crippen LogP contribution in [0.4, 0.5) is 0 Å². The van der Waals surface area contributed by atoms with Gasteiger partial charge < -0.3 is 20.3 Å². The molecule has 2 heterocycles. The first kappa shape index (κ1) is 13.0. The number of ether oxygens (including phenoxy) is 2. The maximum absolute atomic E-state index is 11.2. The summed E-state index contributed by atoms with van der Waals surface area (Å²) in [4.78, 5) is 15.0. The SMILES string of the molecule is CCOc1nc(=O)ccn1[C@H]1C[C@H](O)[C@@H](CN)O1. The van der Waals surface area contributed by atoms with Gasteiger partial charge in [-0.1, -0.05) is 0 Å². The summed E-state index contributed by atoms with van der Waals surface area (Å²) in [6.45, 7) is 2.44. The largest absolute Gasteiger partial charge is 0.465 e. The molecule has 0 saturated carbocycles. The number of nitrogens with two attached hydrogens (primary N) is 1. The molecule has 1 saturated heterocycles. The molecule has 0 bridgehead atoms. The molecule has 0 aliphatic carbocycles. The van der Waals surface area contributed by atoms with Gasteiger partial charge in [-0.3, -0.25) is 9.36 Å². The third kappa shape index (κ3) is 2.53. The minimum atomic E-state index is -0.617. The molecule has 2 rings (SSSR count). The predicted molar refractivity (Wildman–Crippen MR) is 63.3 cm³/mol. The Labute approximate surface area is 104 Å². The smallest absolute Gasteiger partial charge is 0.301 e. The van der Waals surface area contributed by atoms with Crippen LogP contribution in [0, 0.1) is 0 Å². The van der Waals surface area contributed by atoms with Gasteiger partial charge in [0.25, 0.3) is 5.56 Å². The van der Waals surface area contributed by atoms with Crippen molar-refractivity contribution in [1.29, 1.82) is 0 Å². The third-order valence-electron chi connectivity index (χ3n) is 2.82. The molecule has 3 N–H and O–H groups in total. The summed E-state index contributed by atoms with van der Waals surface area (Å²) in [7, 11) is 0. The van der Waals surface area contributed by atoms with Crippen molar-refractivity contribution in [3.8, 4) is 6.01 Å². The van der Waals surface area contributed by atoms with E-state index in [4.69, 9.17) is 15.2 Å². The summed E-state index contributed by atoms with van der Waals surface area (Å²) in [5.41, 5.74) is 5.12. The highest BCUT2D eigenvalue weighted by atomic mass is 16.5. The van der Waals surface area contributed by atoms with Crippen molar-refractivity contribution < 1.29 is 14.6 Å². The van der Waals surface area contributed by atoms with Crippen LogP contribution in [0.1, 0.15) is 19.6 Å². The van der Waals surface area contributed by atoms with Gasteiger partial charge in [0.15, 0.2) is 0 Å².